The standard InChI is InChI=1S/C18H15BrCl2N2O2/c1-10-14(7-6-12(19)17(10)21)22-18(25)11-8-16(24)23(9-11)15-5-3-2-4-13(15)20/h2-7,11H,8-9H2,1H3,(H,22,25)/t11-/m1/s1. The van der Waals surface area contributed by atoms with E-state index in [1.54, 1.807) is 35.2 Å². The molecular weight excluding hydrogens is 427 g/mol. The Morgan fingerprint density at radius 3 is 2.68 bits per heavy atom. The molecule has 1 fully saturated rings. The Balaban J connectivity index is 1.76. The number of hydrogen-bond acceptors (Lipinski definition) is 2. The summed E-state index contributed by atoms with van der Waals surface area (Å²) in [5.74, 6) is -0.756. The molecule has 0 saturated carbocycles. The van der Waals surface area contributed by atoms with Gasteiger partial charge in [0.2, 0.25) is 11.8 Å². The van der Waals surface area contributed by atoms with Crippen LogP contribution in [0.2, 0.25) is 10.0 Å². The van der Waals surface area contributed by atoms with E-state index in [2.05, 4.69) is 21.2 Å². The van der Waals surface area contributed by atoms with E-state index < -0.39 is 5.92 Å². The van der Waals surface area contributed by atoms with E-state index in [0.29, 0.717) is 28.0 Å². The highest BCUT2D eigenvalue weighted by Crippen LogP contribution is 2.33. The zero-order chi connectivity index (χ0) is 18.1. The molecule has 0 spiro atoms. The van der Waals surface area contributed by atoms with Gasteiger partial charge in [0.25, 0.3) is 0 Å². The first-order valence-corrected chi connectivity index (χ1v) is 9.23. The number of halogens is 3. The third-order valence-electron chi connectivity index (χ3n) is 4.24. The number of para-hydroxylation sites is 1. The summed E-state index contributed by atoms with van der Waals surface area (Å²) in [7, 11) is 0. The van der Waals surface area contributed by atoms with Crippen molar-refractivity contribution in [1.82, 2.24) is 0 Å². The zero-order valence-corrected chi connectivity index (χ0v) is 16.5. The number of hydrogen-bond donors (Lipinski definition) is 1. The van der Waals surface area contributed by atoms with Crippen molar-refractivity contribution in [1.29, 1.82) is 0 Å². The van der Waals surface area contributed by atoms with Crippen LogP contribution >= 0.6 is 39.1 Å². The summed E-state index contributed by atoms with van der Waals surface area (Å²) < 4.78 is 0.769. The summed E-state index contributed by atoms with van der Waals surface area (Å²) in [4.78, 5) is 26.5. The van der Waals surface area contributed by atoms with Gasteiger partial charge in [-0.15, -0.1) is 0 Å². The highest BCUT2D eigenvalue weighted by atomic mass is 79.9. The SMILES string of the molecule is Cc1c(NC(=O)[C@@H]2CC(=O)N(c3ccccc3Cl)C2)ccc(Br)c1Cl. The van der Waals surface area contributed by atoms with Crippen LogP contribution in [0.5, 0.6) is 0 Å². The lowest BCUT2D eigenvalue weighted by Gasteiger charge is -2.18. The van der Waals surface area contributed by atoms with E-state index in [1.165, 1.54) is 0 Å². The van der Waals surface area contributed by atoms with Gasteiger partial charge < -0.3 is 10.2 Å². The smallest absolute Gasteiger partial charge is 0.229 e. The van der Waals surface area contributed by atoms with E-state index in [1.807, 2.05) is 13.0 Å². The normalized spacial score (nSPS) is 17.0. The molecule has 130 valence electrons. The summed E-state index contributed by atoms with van der Waals surface area (Å²) >= 11 is 15.7. The number of benzene rings is 2. The molecule has 25 heavy (non-hydrogen) atoms. The second-order valence-electron chi connectivity index (χ2n) is 5.88. The van der Waals surface area contributed by atoms with Gasteiger partial charge in [0.15, 0.2) is 0 Å². The van der Waals surface area contributed by atoms with E-state index >= 15 is 0 Å². The molecule has 1 N–H and O–H groups in total. The number of rotatable bonds is 3. The van der Waals surface area contributed by atoms with Gasteiger partial charge in [0, 0.05) is 23.1 Å². The van der Waals surface area contributed by atoms with Crippen LogP contribution in [0.25, 0.3) is 0 Å². The van der Waals surface area contributed by atoms with Crippen LogP contribution in [0.15, 0.2) is 40.9 Å². The molecule has 0 unspecified atom stereocenters. The van der Waals surface area contributed by atoms with Crippen LogP contribution in [0.3, 0.4) is 0 Å². The molecule has 1 heterocycles. The van der Waals surface area contributed by atoms with Gasteiger partial charge in [-0.1, -0.05) is 35.3 Å². The molecule has 0 aromatic heterocycles. The molecule has 1 saturated heterocycles. The molecule has 2 aromatic rings. The second-order valence-corrected chi connectivity index (χ2v) is 7.52. The molecular formula is C18H15BrCl2N2O2. The van der Waals surface area contributed by atoms with Crippen molar-refractivity contribution in [2.75, 3.05) is 16.8 Å². The van der Waals surface area contributed by atoms with Crippen molar-refractivity contribution in [3.05, 3.63) is 56.5 Å². The van der Waals surface area contributed by atoms with Gasteiger partial charge in [0.05, 0.1) is 21.7 Å². The van der Waals surface area contributed by atoms with Crippen molar-refractivity contribution in [2.45, 2.75) is 13.3 Å². The second kappa shape index (κ2) is 7.36. The Bertz CT molecular complexity index is 857. The molecule has 1 atom stereocenters. The van der Waals surface area contributed by atoms with E-state index in [4.69, 9.17) is 23.2 Å². The predicted octanol–water partition coefficient (Wildman–Crippen LogP) is 5.06. The summed E-state index contributed by atoms with van der Waals surface area (Å²) in [6.45, 7) is 2.14. The Hall–Kier alpha value is -1.56. The molecule has 2 aromatic carbocycles. The molecule has 0 aliphatic carbocycles. The van der Waals surface area contributed by atoms with Gasteiger partial charge >= 0.3 is 0 Å². The number of nitrogens with one attached hydrogen (secondary N) is 1. The van der Waals surface area contributed by atoms with Gasteiger partial charge in [-0.2, -0.15) is 0 Å². The summed E-state index contributed by atoms with van der Waals surface area (Å²) in [6.07, 6.45) is 0.153. The van der Waals surface area contributed by atoms with Crippen LogP contribution < -0.4 is 10.2 Å². The maximum absolute atomic E-state index is 12.6. The maximum atomic E-state index is 12.6. The Kier molecular flexibility index (Phi) is 5.37. The molecule has 7 heteroatoms. The van der Waals surface area contributed by atoms with Crippen molar-refractivity contribution in [3.63, 3.8) is 0 Å². The summed E-state index contributed by atoms with van der Waals surface area (Å²) in [5.41, 5.74) is 2.05. The van der Waals surface area contributed by atoms with Crippen LogP contribution in [0.4, 0.5) is 11.4 Å². The fraction of sp³-hybridized carbons (Fsp3) is 0.222. The quantitative estimate of drug-likeness (QED) is 0.723. The molecule has 2 amide bonds. The van der Waals surface area contributed by atoms with Crippen molar-refractivity contribution in [3.8, 4) is 0 Å². The van der Waals surface area contributed by atoms with Crippen molar-refractivity contribution in [2.24, 2.45) is 5.92 Å². The third kappa shape index (κ3) is 3.68. The zero-order valence-electron chi connectivity index (χ0n) is 13.4. The van der Waals surface area contributed by atoms with Gasteiger partial charge in [-0.3, -0.25) is 9.59 Å². The lowest BCUT2D eigenvalue weighted by atomic mass is 10.1. The number of anilines is 2. The first-order valence-electron chi connectivity index (χ1n) is 7.69. The lowest BCUT2D eigenvalue weighted by Crippen LogP contribution is -2.28. The highest BCUT2D eigenvalue weighted by Gasteiger charge is 2.36. The fourth-order valence-electron chi connectivity index (χ4n) is 2.81. The molecule has 0 bridgehead atoms. The summed E-state index contributed by atoms with van der Waals surface area (Å²) in [5, 5.41) is 3.92. The van der Waals surface area contributed by atoms with E-state index in [9.17, 15) is 9.59 Å². The largest absolute Gasteiger partial charge is 0.325 e. The average Bonchev–Trinajstić information content (AvgIpc) is 2.97. The molecule has 4 nitrogen and oxygen atoms in total. The van der Waals surface area contributed by atoms with Crippen LogP contribution in [0.1, 0.15) is 12.0 Å². The summed E-state index contributed by atoms with van der Waals surface area (Å²) in [6, 6.07) is 10.7. The Morgan fingerprint density at radius 1 is 1.24 bits per heavy atom. The number of carbonyl (C=O) groups is 2. The van der Waals surface area contributed by atoms with Crippen LogP contribution in [-0.4, -0.2) is 18.4 Å². The Labute approximate surface area is 164 Å². The highest BCUT2D eigenvalue weighted by molar-refractivity contribution is 9.10. The minimum atomic E-state index is -0.439. The predicted molar refractivity (Wildman–Crippen MR) is 104 cm³/mol. The van der Waals surface area contributed by atoms with E-state index in [0.717, 1.165) is 10.0 Å². The lowest BCUT2D eigenvalue weighted by molar-refractivity contribution is -0.122. The topological polar surface area (TPSA) is 49.4 Å². The minimum absolute atomic E-state index is 0.112. The fourth-order valence-corrected chi connectivity index (χ4v) is 3.64. The van der Waals surface area contributed by atoms with Gasteiger partial charge in [0.1, 0.15) is 0 Å². The van der Waals surface area contributed by atoms with Crippen LogP contribution in [0, 0.1) is 12.8 Å². The van der Waals surface area contributed by atoms with Gasteiger partial charge in [-0.05, 0) is 52.7 Å². The monoisotopic (exact) mass is 440 g/mol. The molecule has 0 radical (unpaired) electrons. The minimum Gasteiger partial charge on any atom is -0.325 e. The number of carbonyl (C=O) groups excluding carboxylic acids is 2. The maximum Gasteiger partial charge on any atom is 0.229 e. The van der Waals surface area contributed by atoms with Crippen molar-refractivity contribution >= 4 is 62.3 Å². The first kappa shape index (κ1) is 18.2. The Morgan fingerprint density at radius 2 is 1.96 bits per heavy atom. The van der Waals surface area contributed by atoms with Gasteiger partial charge in [-0.25, -0.2) is 0 Å². The third-order valence-corrected chi connectivity index (χ3v) is 5.93. The molecule has 3 rings (SSSR count). The number of nitrogens with zero attached hydrogens (tertiary/aromatic N) is 1. The molecule has 1 aliphatic heterocycles. The van der Waals surface area contributed by atoms with Crippen LogP contribution in [-0.2, 0) is 9.59 Å². The number of amides is 2. The first-order chi connectivity index (χ1) is 11.9. The average molecular weight is 442 g/mol. The molecule has 1 aliphatic rings. The van der Waals surface area contributed by atoms with E-state index in [-0.39, 0.29) is 18.2 Å². The van der Waals surface area contributed by atoms with Crippen molar-refractivity contribution < 1.29 is 9.59 Å².